The number of halogens is 1. The molecule has 0 bridgehead atoms. The molecule has 0 spiro atoms. The van der Waals surface area contributed by atoms with Crippen LogP contribution in [0.1, 0.15) is 11.3 Å². The quantitative estimate of drug-likeness (QED) is 0.667. The highest BCUT2D eigenvalue weighted by Crippen LogP contribution is 2.15. The van der Waals surface area contributed by atoms with Gasteiger partial charge in [-0.15, -0.1) is 11.6 Å². The number of pyridine rings is 1. The van der Waals surface area contributed by atoms with Crippen molar-refractivity contribution in [2.75, 3.05) is 0 Å². The van der Waals surface area contributed by atoms with Crippen LogP contribution in [0.4, 0.5) is 0 Å². The summed E-state index contributed by atoms with van der Waals surface area (Å²) in [5, 5.41) is 9.68. The molecule has 0 fully saturated rings. The van der Waals surface area contributed by atoms with Crippen molar-refractivity contribution in [3.05, 3.63) is 41.6 Å². The Kier molecular flexibility index (Phi) is 2.34. The van der Waals surface area contributed by atoms with Crippen molar-refractivity contribution in [2.24, 2.45) is 0 Å². The van der Waals surface area contributed by atoms with Gasteiger partial charge in [0.2, 0.25) is 0 Å². The maximum Gasteiger partial charge on any atom is 0.141 e. The van der Waals surface area contributed by atoms with Crippen molar-refractivity contribution in [2.45, 2.75) is 5.88 Å². The molecular weight excluding hydrogens is 196 g/mol. The van der Waals surface area contributed by atoms with Gasteiger partial charge in [0.15, 0.2) is 0 Å². The van der Waals surface area contributed by atoms with Crippen molar-refractivity contribution >= 4 is 22.5 Å². The standard InChI is InChI=1S/C11H7ClN2/c12-6-8-1-4-11-9(5-8)2-3-10(7-13)14-11/h1-5H,6H2. The zero-order valence-corrected chi connectivity index (χ0v) is 8.12. The van der Waals surface area contributed by atoms with Crippen LogP contribution in [-0.4, -0.2) is 4.98 Å². The van der Waals surface area contributed by atoms with Gasteiger partial charge in [-0.25, -0.2) is 4.98 Å². The lowest BCUT2D eigenvalue weighted by Crippen LogP contribution is -1.85. The first-order valence-corrected chi connectivity index (χ1v) is 4.72. The first kappa shape index (κ1) is 8.98. The second-order valence-corrected chi connectivity index (χ2v) is 3.24. The number of rotatable bonds is 1. The summed E-state index contributed by atoms with van der Waals surface area (Å²) in [4.78, 5) is 4.16. The molecule has 2 aromatic rings. The molecule has 0 aliphatic rings. The van der Waals surface area contributed by atoms with E-state index in [1.165, 1.54) is 0 Å². The van der Waals surface area contributed by atoms with Crippen molar-refractivity contribution in [3.63, 3.8) is 0 Å². The number of hydrogen-bond donors (Lipinski definition) is 0. The maximum absolute atomic E-state index is 8.66. The van der Waals surface area contributed by atoms with Crippen LogP contribution in [0.25, 0.3) is 10.9 Å². The van der Waals surface area contributed by atoms with Crippen LogP contribution in [0.5, 0.6) is 0 Å². The van der Waals surface area contributed by atoms with Crippen LogP contribution in [0.2, 0.25) is 0 Å². The van der Waals surface area contributed by atoms with Gasteiger partial charge in [0, 0.05) is 11.3 Å². The molecule has 0 aliphatic heterocycles. The highest BCUT2D eigenvalue weighted by atomic mass is 35.5. The van der Waals surface area contributed by atoms with Crippen molar-refractivity contribution in [1.29, 1.82) is 5.26 Å². The number of benzene rings is 1. The number of hydrogen-bond acceptors (Lipinski definition) is 2. The molecule has 0 radical (unpaired) electrons. The summed E-state index contributed by atoms with van der Waals surface area (Å²) in [5.74, 6) is 0.496. The van der Waals surface area contributed by atoms with E-state index in [0.29, 0.717) is 11.6 Å². The SMILES string of the molecule is N#Cc1ccc2cc(CCl)ccc2n1. The summed E-state index contributed by atoms with van der Waals surface area (Å²) in [6, 6.07) is 11.4. The predicted octanol–water partition coefficient (Wildman–Crippen LogP) is 2.85. The molecule has 0 aliphatic carbocycles. The van der Waals surface area contributed by atoms with Gasteiger partial charge in [-0.2, -0.15) is 5.26 Å². The van der Waals surface area contributed by atoms with Gasteiger partial charge in [-0.3, -0.25) is 0 Å². The molecular formula is C11H7ClN2. The molecule has 1 aromatic carbocycles. The van der Waals surface area contributed by atoms with Crippen LogP contribution in [0, 0.1) is 11.3 Å². The fourth-order valence-corrected chi connectivity index (χ4v) is 1.49. The zero-order valence-electron chi connectivity index (χ0n) is 7.37. The van der Waals surface area contributed by atoms with Gasteiger partial charge >= 0.3 is 0 Å². The molecule has 14 heavy (non-hydrogen) atoms. The minimum Gasteiger partial charge on any atom is -0.237 e. The second-order valence-electron chi connectivity index (χ2n) is 2.97. The molecule has 0 unspecified atom stereocenters. The number of nitrogens with zero attached hydrogens (tertiary/aromatic N) is 2. The molecule has 1 aromatic heterocycles. The second kappa shape index (κ2) is 3.65. The Labute approximate surface area is 86.8 Å². The summed E-state index contributed by atoms with van der Waals surface area (Å²) in [5.41, 5.74) is 2.33. The molecule has 0 N–H and O–H groups in total. The Hall–Kier alpha value is -1.59. The molecule has 1 heterocycles. The topological polar surface area (TPSA) is 36.7 Å². The van der Waals surface area contributed by atoms with Gasteiger partial charge in [0.1, 0.15) is 11.8 Å². The third-order valence-electron chi connectivity index (χ3n) is 2.02. The number of aromatic nitrogens is 1. The summed E-state index contributed by atoms with van der Waals surface area (Å²) in [6.45, 7) is 0. The van der Waals surface area contributed by atoms with E-state index < -0.39 is 0 Å². The third-order valence-corrected chi connectivity index (χ3v) is 2.33. The molecule has 0 saturated heterocycles. The van der Waals surface area contributed by atoms with Gasteiger partial charge in [-0.05, 0) is 29.8 Å². The smallest absolute Gasteiger partial charge is 0.141 e. The zero-order chi connectivity index (χ0) is 9.97. The van der Waals surface area contributed by atoms with E-state index in [-0.39, 0.29) is 0 Å². The highest BCUT2D eigenvalue weighted by Gasteiger charge is 1.98. The first-order chi connectivity index (χ1) is 6.83. The third kappa shape index (κ3) is 1.55. The first-order valence-electron chi connectivity index (χ1n) is 4.19. The Morgan fingerprint density at radius 3 is 2.86 bits per heavy atom. The molecule has 0 atom stereocenters. The van der Waals surface area contributed by atoms with Gasteiger partial charge in [0.05, 0.1) is 5.52 Å². The predicted molar refractivity (Wildman–Crippen MR) is 56.0 cm³/mol. The minimum absolute atomic E-state index is 0.441. The van der Waals surface area contributed by atoms with Crippen LogP contribution in [0.3, 0.4) is 0 Å². The van der Waals surface area contributed by atoms with E-state index in [1.807, 2.05) is 30.3 Å². The average molecular weight is 203 g/mol. The largest absolute Gasteiger partial charge is 0.237 e. The number of nitriles is 1. The lowest BCUT2D eigenvalue weighted by molar-refractivity contribution is 1.31. The lowest BCUT2D eigenvalue weighted by atomic mass is 10.1. The fraction of sp³-hybridized carbons (Fsp3) is 0.0909. The summed E-state index contributed by atoms with van der Waals surface area (Å²) < 4.78 is 0. The van der Waals surface area contributed by atoms with Gasteiger partial charge < -0.3 is 0 Å². The maximum atomic E-state index is 8.66. The van der Waals surface area contributed by atoms with E-state index in [2.05, 4.69) is 4.98 Å². The summed E-state index contributed by atoms with van der Waals surface area (Å²) in [7, 11) is 0. The number of alkyl halides is 1. The van der Waals surface area contributed by atoms with Gasteiger partial charge in [0.25, 0.3) is 0 Å². The molecule has 0 amide bonds. The van der Waals surface area contributed by atoms with E-state index in [9.17, 15) is 0 Å². The molecule has 68 valence electrons. The Bertz CT molecular complexity index is 514. The fourth-order valence-electron chi connectivity index (χ4n) is 1.32. The lowest BCUT2D eigenvalue weighted by Gasteiger charge is -1.99. The van der Waals surface area contributed by atoms with E-state index in [1.54, 1.807) is 6.07 Å². The van der Waals surface area contributed by atoms with Crippen LogP contribution in [0.15, 0.2) is 30.3 Å². The Morgan fingerprint density at radius 2 is 2.14 bits per heavy atom. The normalized spacial score (nSPS) is 10.0. The van der Waals surface area contributed by atoms with E-state index in [4.69, 9.17) is 16.9 Å². The van der Waals surface area contributed by atoms with Crippen molar-refractivity contribution < 1.29 is 0 Å². The van der Waals surface area contributed by atoms with Gasteiger partial charge in [-0.1, -0.05) is 6.07 Å². The highest BCUT2D eigenvalue weighted by molar-refractivity contribution is 6.17. The van der Waals surface area contributed by atoms with Crippen LogP contribution >= 0.6 is 11.6 Å². The molecule has 0 saturated carbocycles. The molecule has 2 nitrogen and oxygen atoms in total. The Morgan fingerprint density at radius 1 is 1.29 bits per heavy atom. The summed E-state index contributed by atoms with van der Waals surface area (Å²) >= 11 is 5.71. The number of fused-ring (bicyclic) bond motifs is 1. The van der Waals surface area contributed by atoms with Crippen LogP contribution < -0.4 is 0 Å². The van der Waals surface area contributed by atoms with Crippen molar-refractivity contribution in [1.82, 2.24) is 4.98 Å². The minimum atomic E-state index is 0.441. The average Bonchev–Trinajstić information content (AvgIpc) is 2.27. The van der Waals surface area contributed by atoms with E-state index in [0.717, 1.165) is 16.5 Å². The monoisotopic (exact) mass is 202 g/mol. The summed E-state index contributed by atoms with van der Waals surface area (Å²) in [6.07, 6.45) is 0. The molecule has 2 rings (SSSR count). The van der Waals surface area contributed by atoms with Crippen molar-refractivity contribution in [3.8, 4) is 6.07 Å². The van der Waals surface area contributed by atoms with E-state index >= 15 is 0 Å². The van der Waals surface area contributed by atoms with Crippen LogP contribution in [-0.2, 0) is 5.88 Å². The molecule has 3 heteroatoms. The Balaban J connectivity index is 2.64.